The number of carbonyl (C=O) groups excluding carboxylic acids is 2. The Kier molecular flexibility index (Phi) is 6.04. The molecule has 0 radical (unpaired) electrons. The molecule has 0 bridgehead atoms. The highest BCUT2D eigenvalue weighted by Crippen LogP contribution is 2.21. The fraction of sp³-hybridized carbons (Fsp3) is 0.450. The van der Waals surface area contributed by atoms with Crippen LogP contribution in [0.1, 0.15) is 43.4 Å². The van der Waals surface area contributed by atoms with Crippen molar-refractivity contribution in [1.29, 1.82) is 0 Å². The van der Waals surface area contributed by atoms with E-state index in [4.69, 9.17) is 4.52 Å². The summed E-state index contributed by atoms with van der Waals surface area (Å²) in [4.78, 5) is 26.7. The van der Waals surface area contributed by atoms with Crippen molar-refractivity contribution in [2.75, 3.05) is 11.9 Å². The molecule has 1 aliphatic heterocycles. The lowest BCUT2D eigenvalue weighted by Crippen LogP contribution is -2.43. The molecule has 1 N–H and O–H groups in total. The molecule has 6 heteroatoms. The minimum absolute atomic E-state index is 0.0621. The Morgan fingerprint density at radius 2 is 2.08 bits per heavy atom. The Morgan fingerprint density at radius 1 is 1.27 bits per heavy atom. The van der Waals surface area contributed by atoms with Crippen LogP contribution in [-0.4, -0.2) is 34.5 Å². The number of aromatic nitrogens is 1. The monoisotopic (exact) mass is 355 g/mol. The second kappa shape index (κ2) is 8.65. The Hall–Kier alpha value is -2.63. The number of unbranched alkanes of at least 4 members (excludes halogenated alkanes) is 1. The molecule has 2 heterocycles. The minimum atomic E-state index is -0.409. The Labute approximate surface area is 153 Å². The third kappa shape index (κ3) is 4.71. The molecule has 1 fully saturated rings. The topological polar surface area (TPSA) is 75.4 Å². The number of nitrogens with zero attached hydrogens (tertiary/aromatic N) is 2. The van der Waals surface area contributed by atoms with Gasteiger partial charge in [-0.2, -0.15) is 0 Å². The van der Waals surface area contributed by atoms with Crippen molar-refractivity contribution < 1.29 is 14.1 Å². The summed E-state index contributed by atoms with van der Waals surface area (Å²) in [6.45, 7) is 2.41. The van der Waals surface area contributed by atoms with Crippen LogP contribution >= 0.6 is 0 Å². The number of amides is 2. The van der Waals surface area contributed by atoms with Crippen LogP contribution in [0.25, 0.3) is 0 Å². The van der Waals surface area contributed by atoms with E-state index in [0.29, 0.717) is 31.0 Å². The number of anilines is 1. The van der Waals surface area contributed by atoms with Crippen LogP contribution in [-0.2, 0) is 16.0 Å². The summed E-state index contributed by atoms with van der Waals surface area (Å²) in [6, 6.07) is 11.5. The molecule has 1 atom stereocenters. The fourth-order valence-corrected chi connectivity index (χ4v) is 3.37. The van der Waals surface area contributed by atoms with E-state index in [2.05, 4.69) is 22.6 Å². The van der Waals surface area contributed by atoms with Crippen molar-refractivity contribution in [3.8, 4) is 0 Å². The standard InChI is InChI=1S/C20H25N3O3/c1-15-14-18(22-26-15)21-20(25)17-11-7-13-23(17)19(24)12-6-5-10-16-8-3-2-4-9-16/h2-4,8-9,14,17H,5-7,10-13H2,1H3,(H,21,22,25)/t17-/m0/s1. The molecular formula is C20H25N3O3. The molecule has 2 amide bonds. The van der Waals surface area contributed by atoms with Gasteiger partial charge in [-0.1, -0.05) is 35.5 Å². The summed E-state index contributed by atoms with van der Waals surface area (Å²) >= 11 is 0. The Balaban J connectivity index is 1.46. The predicted octanol–water partition coefficient (Wildman–Crippen LogP) is 3.33. The maximum atomic E-state index is 12.5. The normalized spacial score (nSPS) is 16.7. The lowest BCUT2D eigenvalue weighted by molar-refractivity contribution is -0.136. The summed E-state index contributed by atoms with van der Waals surface area (Å²) < 4.78 is 4.96. The van der Waals surface area contributed by atoms with Gasteiger partial charge in [0.15, 0.2) is 5.82 Å². The molecule has 0 saturated carbocycles. The number of benzene rings is 1. The van der Waals surface area contributed by atoms with Crippen LogP contribution in [0.5, 0.6) is 0 Å². The van der Waals surface area contributed by atoms with E-state index in [-0.39, 0.29) is 11.8 Å². The molecule has 138 valence electrons. The van der Waals surface area contributed by atoms with Crippen molar-refractivity contribution in [2.24, 2.45) is 0 Å². The van der Waals surface area contributed by atoms with E-state index >= 15 is 0 Å². The number of rotatable bonds is 7. The first-order valence-electron chi connectivity index (χ1n) is 9.21. The number of likely N-dealkylation sites (tertiary alicyclic amines) is 1. The molecule has 0 spiro atoms. The van der Waals surface area contributed by atoms with Gasteiger partial charge in [0.1, 0.15) is 11.8 Å². The number of hydrogen-bond acceptors (Lipinski definition) is 4. The maximum absolute atomic E-state index is 12.5. The number of carbonyl (C=O) groups is 2. The quantitative estimate of drug-likeness (QED) is 0.773. The molecule has 3 rings (SSSR count). The van der Waals surface area contributed by atoms with E-state index in [1.807, 2.05) is 18.2 Å². The van der Waals surface area contributed by atoms with Crippen LogP contribution in [0.15, 0.2) is 40.9 Å². The highest BCUT2D eigenvalue weighted by atomic mass is 16.5. The first-order chi connectivity index (χ1) is 12.6. The summed E-state index contributed by atoms with van der Waals surface area (Å²) in [6.07, 6.45) is 4.81. The van der Waals surface area contributed by atoms with Gasteiger partial charge in [-0.05, 0) is 44.6 Å². The van der Waals surface area contributed by atoms with Gasteiger partial charge in [0.05, 0.1) is 0 Å². The zero-order valence-electron chi connectivity index (χ0n) is 15.1. The molecule has 1 saturated heterocycles. The average molecular weight is 355 g/mol. The Morgan fingerprint density at radius 3 is 2.81 bits per heavy atom. The van der Waals surface area contributed by atoms with E-state index in [0.717, 1.165) is 25.7 Å². The third-order valence-electron chi connectivity index (χ3n) is 4.70. The smallest absolute Gasteiger partial charge is 0.248 e. The van der Waals surface area contributed by atoms with E-state index < -0.39 is 6.04 Å². The van der Waals surface area contributed by atoms with Gasteiger partial charge in [0.25, 0.3) is 0 Å². The first kappa shape index (κ1) is 18.2. The first-order valence-corrected chi connectivity index (χ1v) is 9.21. The van der Waals surface area contributed by atoms with E-state index in [9.17, 15) is 9.59 Å². The number of nitrogens with one attached hydrogen (secondary N) is 1. The lowest BCUT2D eigenvalue weighted by atomic mass is 10.1. The molecule has 1 aliphatic rings. The molecule has 2 aromatic rings. The zero-order valence-corrected chi connectivity index (χ0v) is 15.1. The summed E-state index contributed by atoms with van der Waals surface area (Å²) in [5.74, 6) is 0.910. The highest BCUT2D eigenvalue weighted by molar-refractivity contribution is 5.96. The van der Waals surface area contributed by atoms with Gasteiger partial charge in [0.2, 0.25) is 11.8 Å². The van der Waals surface area contributed by atoms with Crippen LogP contribution in [0.4, 0.5) is 5.82 Å². The van der Waals surface area contributed by atoms with Gasteiger partial charge in [-0.25, -0.2) is 0 Å². The van der Waals surface area contributed by atoms with Gasteiger partial charge < -0.3 is 14.7 Å². The van der Waals surface area contributed by atoms with Crippen LogP contribution < -0.4 is 5.32 Å². The third-order valence-corrected chi connectivity index (χ3v) is 4.70. The van der Waals surface area contributed by atoms with Crippen molar-refractivity contribution in [2.45, 2.75) is 51.5 Å². The molecular weight excluding hydrogens is 330 g/mol. The predicted molar refractivity (Wildman–Crippen MR) is 98.6 cm³/mol. The molecule has 26 heavy (non-hydrogen) atoms. The SMILES string of the molecule is Cc1cc(NC(=O)[C@@H]2CCCN2C(=O)CCCCc2ccccc2)no1. The summed E-state index contributed by atoms with van der Waals surface area (Å²) in [5, 5.41) is 6.52. The zero-order chi connectivity index (χ0) is 18.4. The van der Waals surface area contributed by atoms with Crippen molar-refractivity contribution in [3.05, 3.63) is 47.7 Å². The number of hydrogen-bond donors (Lipinski definition) is 1. The van der Waals surface area contributed by atoms with Gasteiger partial charge >= 0.3 is 0 Å². The van der Waals surface area contributed by atoms with Gasteiger partial charge in [-0.3, -0.25) is 9.59 Å². The molecule has 1 aromatic carbocycles. The summed E-state index contributed by atoms with van der Waals surface area (Å²) in [5.41, 5.74) is 1.29. The largest absolute Gasteiger partial charge is 0.360 e. The van der Waals surface area contributed by atoms with Crippen LogP contribution in [0.2, 0.25) is 0 Å². The van der Waals surface area contributed by atoms with Crippen molar-refractivity contribution in [1.82, 2.24) is 10.1 Å². The highest BCUT2D eigenvalue weighted by Gasteiger charge is 2.33. The molecule has 0 unspecified atom stereocenters. The Bertz CT molecular complexity index is 742. The van der Waals surface area contributed by atoms with E-state index in [1.165, 1.54) is 5.56 Å². The maximum Gasteiger partial charge on any atom is 0.248 e. The van der Waals surface area contributed by atoms with Crippen LogP contribution in [0.3, 0.4) is 0 Å². The van der Waals surface area contributed by atoms with Gasteiger partial charge in [0, 0.05) is 19.0 Å². The number of aryl methyl sites for hydroxylation is 2. The van der Waals surface area contributed by atoms with Gasteiger partial charge in [-0.15, -0.1) is 0 Å². The minimum Gasteiger partial charge on any atom is -0.360 e. The second-order valence-electron chi connectivity index (χ2n) is 6.75. The van der Waals surface area contributed by atoms with E-state index in [1.54, 1.807) is 17.9 Å². The molecule has 0 aliphatic carbocycles. The lowest BCUT2D eigenvalue weighted by Gasteiger charge is -2.23. The second-order valence-corrected chi connectivity index (χ2v) is 6.75. The van der Waals surface area contributed by atoms with Crippen molar-refractivity contribution in [3.63, 3.8) is 0 Å². The average Bonchev–Trinajstić information content (AvgIpc) is 3.28. The fourth-order valence-electron chi connectivity index (χ4n) is 3.37. The summed E-state index contributed by atoms with van der Waals surface area (Å²) in [7, 11) is 0. The molecule has 1 aromatic heterocycles. The van der Waals surface area contributed by atoms with Crippen molar-refractivity contribution >= 4 is 17.6 Å². The van der Waals surface area contributed by atoms with Crippen LogP contribution in [0, 0.1) is 6.92 Å². The molecule has 6 nitrogen and oxygen atoms in total.